The molecule has 0 amide bonds. The Morgan fingerprint density at radius 2 is 1.95 bits per heavy atom. The zero-order chi connectivity index (χ0) is 15.3. The van der Waals surface area contributed by atoms with E-state index in [-0.39, 0.29) is 16.4 Å². The van der Waals surface area contributed by atoms with Crippen LogP contribution in [0.5, 0.6) is 0 Å². The molecule has 0 saturated heterocycles. The Balaban J connectivity index is 1.68. The summed E-state index contributed by atoms with van der Waals surface area (Å²) >= 11 is 1.03. The first kappa shape index (κ1) is 13.5. The van der Waals surface area contributed by atoms with Crippen molar-refractivity contribution in [2.45, 2.75) is 11.4 Å². The van der Waals surface area contributed by atoms with E-state index in [1.807, 2.05) is 12.1 Å². The van der Waals surface area contributed by atoms with E-state index in [0.717, 1.165) is 35.5 Å². The molecule has 1 aliphatic carbocycles. The molecule has 0 N–H and O–H groups in total. The average molecular weight is 317 g/mol. The first-order valence-electron chi connectivity index (χ1n) is 6.62. The van der Waals surface area contributed by atoms with Crippen molar-refractivity contribution in [3.63, 3.8) is 0 Å². The third kappa shape index (κ3) is 1.87. The average Bonchev–Trinajstić information content (AvgIpc) is 3.06. The molecule has 2 aliphatic rings. The van der Waals surface area contributed by atoms with E-state index < -0.39 is 16.6 Å². The highest BCUT2D eigenvalue weighted by Gasteiger charge is 2.53. The van der Waals surface area contributed by atoms with Crippen molar-refractivity contribution in [3.05, 3.63) is 70.8 Å². The quantitative estimate of drug-likeness (QED) is 0.808. The van der Waals surface area contributed by atoms with Gasteiger partial charge in [-0.25, -0.2) is 8.78 Å². The zero-order valence-corrected chi connectivity index (χ0v) is 12.0. The molecule has 0 radical (unpaired) electrons. The smallest absolute Gasteiger partial charge is 0.255 e. The predicted molar refractivity (Wildman–Crippen MR) is 78.8 cm³/mol. The molecule has 0 aromatic heterocycles. The molecule has 1 aliphatic heterocycles. The van der Waals surface area contributed by atoms with Crippen LogP contribution in [0.3, 0.4) is 0 Å². The molecule has 2 aromatic carbocycles. The third-order valence-electron chi connectivity index (χ3n) is 3.73. The molecular formula is C16H9F2NO2S. The first-order valence-corrected chi connectivity index (χ1v) is 7.44. The monoisotopic (exact) mass is 317 g/mol. The highest BCUT2D eigenvalue weighted by atomic mass is 32.2. The Labute approximate surface area is 129 Å². The molecule has 1 atom stereocenters. The SMILES string of the molecule is O=C1c2ccccc2C[C@@]12ON=C(c1cc(F)ccc1F)S2. The Morgan fingerprint density at radius 3 is 2.77 bits per heavy atom. The van der Waals surface area contributed by atoms with Crippen molar-refractivity contribution >= 4 is 22.6 Å². The minimum absolute atomic E-state index is 0.00521. The molecule has 6 heteroatoms. The second kappa shape index (κ2) is 4.64. The largest absolute Gasteiger partial charge is 0.368 e. The van der Waals surface area contributed by atoms with Gasteiger partial charge < -0.3 is 4.84 Å². The summed E-state index contributed by atoms with van der Waals surface area (Å²) in [5.74, 6) is -1.36. The molecule has 0 fully saturated rings. The number of hydrogen-bond acceptors (Lipinski definition) is 4. The van der Waals surface area contributed by atoms with Crippen LogP contribution in [0.15, 0.2) is 47.6 Å². The molecule has 22 heavy (non-hydrogen) atoms. The summed E-state index contributed by atoms with van der Waals surface area (Å²) in [6.45, 7) is 0. The standard InChI is InChI=1S/C16H9F2NO2S/c17-10-5-6-13(18)12(7-10)15-19-21-16(22-15)8-9-3-1-2-4-11(9)14(16)20/h1-7H,8H2/t16-/m0/s1. The lowest BCUT2D eigenvalue weighted by atomic mass is 10.1. The van der Waals surface area contributed by atoms with Crippen molar-refractivity contribution in [1.29, 1.82) is 0 Å². The fourth-order valence-corrected chi connectivity index (χ4v) is 3.82. The number of Topliss-reactive ketones (excluding diaryl/α,β-unsaturated/α-hetero) is 1. The molecule has 0 bridgehead atoms. The van der Waals surface area contributed by atoms with Gasteiger partial charge in [-0.15, -0.1) is 0 Å². The predicted octanol–water partition coefficient (Wildman–Crippen LogP) is 3.53. The molecular weight excluding hydrogens is 308 g/mol. The van der Waals surface area contributed by atoms with Crippen molar-refractivity contribution < 1.29 is 18.4 Å². The number of carbonyl (C=O) groups is 1. The molecule has 1 heterocycles. The minimum atomic E-state index is -1.20. The van der Waals surface area contributed by atoms with Crippen LogP contribution >= 0.6 is 11.8 Å². The summed E-state index contributed by atoms with van der Waals surface area (Å²) in [5.41, 5.74) is 1.47. The van der Waals surface area contributed by atoms with Crippen LogP contribution in [0.1, 0.15) is 21.5 Å². The Kier molecular flexibility index (Phi) is 2.84. The van der Waals surface area contributed by atoms with Crippen molar-refractivity contribution in [2.24, 2.45) is 5.16 Å². The van der Waals surface area contributed by atoms with Gasteiger partial charge in [0.25, 0.3) is 4.93 Å². The van der Waals surface area contributed by atoms with E-state index in [0.29, 0.717) is 12.0 Å². The van der Waals surface area contributed by atoms with Crippen LogP contribution in [0.4, 0.5) is 8.78 Å². The molecule has 2 aromatic rings. The summed E-state index contributed by atoms with van der Waals surface area (Å²) in [6.07, 6.45) is 0.358. The number of ketones is 1. The number of hydrogen-bond donors (Lipinski definition) is 0. The Hall–Kier alpha value is -2.21. The Morgan fingerprint density at radius 1 is 1.14 bits per heavy atom. The van der Waals surface area contributed by atoms with Crippen LogP contribution in [0.25, 0.3) is 0 Å². The van der Waals surface area contributed by atoms with E-state index in [1.54, 1.807) is 12.1 Å². The summed E-state index contributed by atoms with van der Waals surface area (Å²) in [4.78, 5) is 16.7. The number of carbonyl (C=O) groups excluding carboxylic acids is 1. The van der Waals surface area contributed by atoms with Gasteiger partial charge in [0.05, 0.1) is 0 Å². The summed E-state index contributed by atoms with van der Waals surface area (Å²) in [5, 5.41) is 4.01. The lowest BCUT2D eigenvalue weighted by molar-refractivity contribution is 0.0369. The lowest BCUT2D eigenvalue weighted by Crippen LogP contribution is -2.31. The summed E-state index contributed by atoms with van der Waals surface area (Å²) in [7, 11) is 0. The molecule has 4 rings (SSSR count). The van der Waals surface area contributed by atoms with E-state index >= 15 is 0 Å². The molecule has 0 unspecified atom stereocenters. The van der Waals surface area contributed by atoms with Crippen LogP contribution in [-0.4, -0.2) is 15.8 Å². The number of oxime groups is 1. The van der Waals surface area contributed by atoms with Gasteiger partial charge in [-0.2, -0.15) is 0 Å². The highest BCUT2D eigenvalue weighted by molar-refractivity contribution is 8.16. The van der Waals surface area contributed by atoms with E-state index in [9.17, 15) is 13.6 Å². The fraction of sp³-hybridized carbons (Fsp3) is 0.125. The number of rotatable bonds is 1. The number of fused-ring (bicyclic) bond motifs is 1. The third-order valence-corrected chi connectivity index (χ3v) is 4.95. The fourth-order valence-electron chi connectivity index (χ4n) is 2.66. The van der Waals surface area contributed by atoms with Gasteiger partial charge in [0.1, 0.15) is 11.6 Å². The number of thioether (sulfide) groups is 1. The topological polar surface area (TPSA) is 38.7 Å². The second-order valence-corrected chi connectivity index (χ2v) is 6.38. The number of halogens is 2. The van der Waals surface area contributed by atoms with Gasteiger partial charge in [0.15, 0.2) is 5.04 Å². The van der Waals surface area contributed by atoms with Crippen LogP contribution in [0, 0.1) is 11.6 Å². The van der Waals surface area contributed by atoms with Crippen LogP contribution in [-0.2, 0) is 11.3 Å². The van der Waals surface area contributed by atoms with Gasteiger partial charge in [0.2, 0.25) is 5.78 Å². The van der Waals surface area contributed by atoms with Crippen molar-refractivity contribution in [2.75, 3.05) is 0 Å². The van der Waals surface area contributed by atoms with Gasteiger partial charge in [-0.05, 0) is 35.5 Å². The maximum Gasteiger partial charge on any atom is 0.255 e. The normalized spacial score (nSPS) is 22.6. The molecule has 110 valence electrons. The number of benzene rings is 2. The second-order valence-electron chi connectivity index (χ2n) is 5.13. The van der Waals surface area contributed by atoms with Crippen LogP contribution < -0.4 is 0 Å². The first-order chi connectivity index (χ1) is 10.6. The molecule has 3 nitrogen and oxygen atoms in total. The summed E-state index contributed by atoms with van der Waals surface area (Å²) < 4.78 is 27.2. The van der Waals surface area contributed by atoms with E-state index in [2.05, 4.69) is 5.16 Å². The van der Waals surface area contributed by atoms with Gasteiger partial charge >= 0.3 is 0 Å². The zero-order valence-electron chi connectivity index (χ0n) is 11.2. The highest BCUT2D eigenvalue weighted by Crippen LogP contribution is 2.46. The van der Waals surface area contributed by atoms with Gasteiger partial charge in [-0.3, -0.25) is 4.79 Å². The Bertz CT molecular complexity index is 837. The molecule has 0 saturated carbocycles. The summed E-state index contributed by atoms with van der Waals surface area (Å²) in [6, 6.07) is 10.3. The molecule has 1 spiro atoms. The maximum absolute atomic E-state index is 13.9. The van der Waals surface area contributed by atoms with Gasteiger partial charge in [0, 0.05) is 17.5 Å². The van der Waals surface area contributed by atoms with E-state index in [4.69, 9.17) is 4.84 Å². The van der Waals surface area contributed by atoms with Crippen molar-refractivity contribution in [1.82, 2.24) is 0 Å². The van der Waals surface area contributed by atoms with Crippen molar-refractivity contribution in [3.8, 4) is 0 Å². The van der Waals surface area contributed by atoms with E-state index in [1.165, 1.54) is 0 Å². The van der Waals surface area contributed by atoms with Crippen LogP contribution in [0.2, 0.25) is 0 Å². The van der Waals surface area contributed by atoms with Gasteiger partial charge in [-0.1, -0.05) is 29.4 Å². The maximum atomic E-state index is 13.9. The minimum Gasteiger partial charge on any atom is -0.368 e. The number of nitrogens with zero attached hydrogens (tertiary/aromatic N) is 1. The lowest BCUT2D eigenvalue weighted by Gasteiger charge is -2.16.